The highest BCUT2D eigenvalue weighted by molar-refractivity contribution is 5.22. The van der Waals surface area contributed by atoms with Crippen LogP contribution in [0.3, 0.4) is 0 Å². The first-order chi connectivity index (χ1) is 8.66. The van der Waals surface area contributed by atoms with E-state index in [4.69, 9.17) is 4.74 Å². The van der Waals surface area contributed by atoms with Gasteiger partial charge in [-0.05, 0) is 18.4 Å². The Balaban J connectivity index is 2.28. The molecule has 2 rings (SSSR count). The van der Waals surface area contributed by atoms with Crippen molar-refractivity contribution in [1.29, 1.82) is 5.26 Å². The van der Waals surface area contributed by atoms with Crippen molar-refractivity contribution >= 4 is 0 Å². The molecule has 96 valence electrons. The fraction of sp³-hybridized carbons (Fsp3) is 0.533. The summed E-state index contributed by atoms with van der Waals surface area (Å²) in [5.74, 6) is 0. The van der Waals surface area contributed by atoms with Crippen LogP contribution in [-0.2, 0) is 11.2 Å². The average molecular weight is 245 g/mol. The van der Waals surface area contributed by atoms with Gasteiger partial charge in [-0.2, -0.15) is 5.26 Å². The zero-order valence-electron chi connectivity index (χ0n) is 10.7. The van der Waals surface area contributed by atoms with Crippen molar-refractivity contribution in [3.8, 4) is 6.07 Å². The van der Waals surface area contributed by atoms with Gasteiger partial charge in [-0.15, -0.1) is 0 Å². The molecule has 0 bridgehead atoms. The number of ether oxygens (including phenoxy) is 1. The molecule has 0 spiro atoms. The molecule has 1 aromatic rings. The quantitative estimate of drug-likeness (QED) is 0.885. The minimum atomic E-state index is -1.01. The number of hydrogen-bond acceptors (Lipinski definition) is 3. The van der Waals surface area contributed by atoms with Crippen LogP contribution in [0.5, 0.6) is 0 Å². The van der Waals surface area contributed by atoms with E-state index in [9.17, 15) is 10.4 Å². The van der Waals surface area contributed by atoms with E-state index in [1.807, 2.05) is 37.3 Å². The van der Waals surface area contributed by atoms with Gasteiger partial charge in [-0.3, -0.25) is 0 Å². The van der Waals surface area contributed by atoms with Crippen molar-refractivity contribution in [2.75, 3.05) is 13.2 Å². The predicted octanol–water partition coefficient (Wildman–Crippen LogP) is 2.30. The lowest BCUT2D eigenvalue weighted by Crippen LogP contribution is -2.49. The van der Waals surface area contributed by atoms with Crippen molar-refractivity contribution in [3.05, 3.63) is 35.9 Å². The number of aliphatic hydroxyl groups is 1. The summed E-state index contributed by atoms with van der Waals surface area (Å²) in [6.45, 7) is 2.83. The monoisotopic (exact) mass is 245 g/mol. The summed E-state index contributed by atoms with van der Waals surface area (Å²) in [6, 6.07) is 12.1. The summed E-state index contributed by atoms with van der Waals surface area (Å²) in [7, 11) is 0. The van der Waals surface area contributed by atoms with Crippen molar-refractivity contribution in [2.24, 2.45) is 5.41 Å². The van der Waals surface area contributed by atoms with Crippen LogP contribution < -0.4 is 0 Å². The first-order valence-corrected chi connectivity index (χ1v) is 6.41. The fourth-order valence-electron chi connectivity index (χ4n) is 2.69. The third kappa shape index (κ3) is 2.14. The van der Waals surface area contributed by atoms with Crippen LogP contribution in [-0.4, -0.2) is 23.9 Å². The van der Waals surface area contributed by atoms with Crippen LogP contribution in [0.2, 0.25) is 0 Å². The number of nitrogens with zero attached hydrogens (tertiary/aromatic N) is 1. The minimum absolute atomic E-state index is 0.334. The molecule has 0 radical (unpaired) electrons. The maximum absolute atomic E-state index is 10.9. The third-order valence-corrected chi connectivity index (χ3v) is 4.05. The van der Waals surface area contributed by atoms with E-state index in [0.717, 1.165) is 5.56 Å². The third-order valence-electron chi connectivity index (χ3n) is 4.05. The lowest BCUT2D eigenvalue weighted by atomic mass is 9.68. The zero-order valence-corrected chi connectivity index (χ0v) is 10.7. The number of benzene rings is 1. The van der Waals surface area contributed by atoms with E-state index in [0.29, 0.717) is 32.5 Å². The highest BCUT2D eigenvalue weighted by Gasteiger charge is 2.52. The number of rotatable bonds is 4. The summed E-state index contributed by atoms with van der Waals surface area (Å²) in [4.78, 5) is 0. The van der Waals surface area contributed by atoms with Crippen LogP contribution in [0.25, 0.3) is 0 Å². The largest absolute Gasteiger partial charge is 0.388 e. The molecule has 1 saturated heterocycles. The summed E-state index contributed by atoms with van der Waals surface area (Å²) in [5.41, 5.74) is -0.722. The first kappa shape index (κ1) is 13.1. The van der Waals surface area contributed by atoms with E-state index in [1.54, 1.807) is 0 Å². The van der Waals surface area contributed by atoms with Crippen LogP contribution in [0.4, 0.5) is 0 Å². The topological polar surface area (TPSA) is 53.2 Å². The normalized spacial score (nSPS) is 26.5. The van der Waals surface area contributed by atoms with Crippen LogP contribution in [0.1, 0.15) is 25.3 Å². The van der Waals surface area contributed by atoms with Gasteiger partial charge in [0.05, 0.1) is 18.3 Å². The van der Waals surface area contributed by atoms with Gasteiger partial charge in [0.1, 0.15) is 5.41 Å². The van der Waals surface area contributed by atoms with Gasteiger partial charge < -0.3 is 9.84 Å². The zero-order chi connectivity index (χ0) is 13.1. The number of nitriles is 1. The van der Waals surface area contributed by atoms with E-state index in [2.05, 4.69) is 6.07 Å². The Labute approximate surface area is 108 Å². The molecule has 0 aliphatic carbocycles. The lowest BCUT2D eigenvalue weighted by molar-refractivity contribution is -0.0607. The summed E-state index contributed by atoms with van der Waals surface area (Å²) < 4.78 is 5.35. The molecule has 1 aliphatic rings. The maximum atomic E-state index is 10.9. The Bertz CT molecular complexity index is 432. The lowest BCUT2D eigenvalue weighted by Gasteiger charge is -2.38. The summed E-state index contributed by atoms with van der Waals surface area (Å²) >= 11 is 0. The van der Waals surface area contributed by atoms with Crippen LogP contribution in [0, 0.1) is 16.7 Å². The van der Waals surface area contributed by atoms with Crippen molar-refractivity contribution in [2.45, 2.75) is 31.8 Å². The molecule has 3 nitrogen and oxygen atoms in total. The Morgan fingerprint density at radius 1 is 1.44 bits per heavy atom. The molecular formula is C15H19NO2. The average Bonchev–Trinajstić information content (AvgIpc) is 2.90. The van der Waals surface area contributed by atoms with Crippen LogP contribution >= 0.6 is 0 Å². The standard InChI is InChI=1S/C15H19NO2/c1-2-15(17,10-13-6-4-3-5-7-13)14(11-16)8-9-18-12-14/h3-7,17H,2,8-10,12H2,1H3. The molecule has 1 N–H and O–H groups in total. The molecule has 1 heterocycles. The molecule has 1 fully saturated rings. The van der Waals surface area contributed by atoms with Gasteiger partial charge in [0.15, 0.2) is 0 Å². The van der Waals surface area contributed by atoms with Gasteiger partial charge in [0, 0.05) is 13.0 Å². The second-order valence-electron chi connectivity index (χ2n) is 5.04. The van der Waals surface area contributed by atoms with E-state index in [-0.39, 0.29) is 0 Å². The summed E-state index contributed by atoms with van der Waals surface area (Å²) in [5, 5.41) is 20.4. The first-order valence-electron chi connectivity index (χ1n) is 6.41. The van der Waals surface area contributed by atoms with Gasteiger partial charge in [-0.1, -0.05) is 37.3 Å². The van der Waals surface area contributed by atoms with E-state index < -0.39 is 11.0 Å². The molecule has 1 aliphatic heterocycles. The molecule has 0 saturated carbocycles. The summed E-state index contributed by atoms with van der Waals surface area (Å²) in [6.07, 6.45) is 1.67. The molecular weight excluding hydrogens is 226 g/mol. The molecule has 18 heavy (non-hydrogen) atoms. The molecule has 2 unspecified atom stereocenters. The molecule has 1 aromatic carbocycles. The Morgan fingerprint density at radius 3 is 2.67 bits per heavy atom. The van der Waals surface area contributed by atoms with Gasteiger partial charge in [-0.25, -0.2) is 0 Å². The second-order valence-corrected chi connectivity index (χ2v) is 5.04. The molecule has 3 heteroatoms. The smallest absolute Gasteiger partial charge is 0.112 e. The van der Waals surface area contributed by atoms with Crippen molar-refractivity contribution in [1.82, 2.24) is 0 Å². The SMILES string of the molecule is CCC(O)(Cc1ccccc1)C1(C#N)CCOC1. The Hall–Kier alpha value is -1.37. The predicted molar refractivity (Wildman–Crippen MR) is 68.9 cm³/mol. The van der Waals surface area contributed by atoms with Crippen molar-refractivity contribution in [3.63, 3.8) is 0 Å². The Morgan fingerprint density at radius 2 is 2.17 bits per heavy atom. The minimum Gasteiger partial charge on any atom is -0.388 e. The van der Waals surface area contributed by atoms with Gasteiger partial charge in [0.25, 0.3) is 0 Å². The molecule has 2 atom stereocenters. The molecule has 0 amide bonds. The fourth-order valence-corrected chi connectivity index (χ4v) is 2.69. The molecule has 0 aromatic heterocycles. The van der Waals surface area contributed by atoms with Crippen molar-refractivity contribution < 1.29 is 9.84 Å². The Kier molecular flexibility index (Phi) is 3.70. The highest BCUT2D eigenvalue weighted by Crippen LogP contribution is 2.43. The number of hydrogen-bond donors (Lipinski definition) is 1. The van der Waals surface area contributed by atoms with E-state index >= 15 is 0 Å². The van der Waals surface area contributed by atoms with E-state index in [1.165, 1.54) is 0 Å². The van der Waals surface area contributed by atoms with Gasteiger partial charge in [0.2, 0.25) is 0 Å². The maximum Gasteiger partial charge on any atom is 0.112 e. The second kappa shape index (κ2) is 5.09. The highest BCUT2D eigenvalue weighted by atomic mass is 16.5. The van der Waals surface area contributed by atoms with Crippen LogP contribution in [0.15, 0.2) is 30.3 Å². The van der Waals surface area contributed by atoms with Gasteiger partial charge >= 0.3 is 0 Å².